The molecule has 5 nitrogen and oxygen atoms in total. The van der Waals surface area contributed by atoms with Gasteiger partial charge in [0.2, 0.25) is 5.91 Å². The van der Waals surface area contributed by atoms with Gasteiger partial charge in [-0.2, -0.15) is 0 Å². The molecular formula is C13H15BrN2O3. The summed E-state index contributed by atoms with van der Waals surface area (Å²) in [5, 5.41) is 9.13. The fraction of sp³-hybridized carbons (Fsp3) is 0.385. The van der Waals surface area contributed by atoms with Crippen LogP contribution in [0.1, 0.15) is 23.7 Å². The maximum absolute atomic E-state index is 11.1. The Hall–Kier alpha value is -1.56. The Labute approximate surface area is 119 Å². The third-order valence-electron chi connectivity index (χ3n) is 3.61. The van der Waals surface area contributed by atoms with E-state index in [-0.39, 0.29) is 12.0 Å². The third-order valence-corrected chi connectivity index (χ3v) is 4.25. The van der Waals surface area contributed by atoms with Gasteiger partial charge in [0.1, 0.15) is 0 Å². The van der Waals surface area contributed by atoms with Crippen molar-refractivity contribution < 1.29 is 14.7 Å². The molecule has 1 fully saturated rings. The van der Waals surface area contributed by atoms with Gasteiger partial charge in [-0.3, -0.25) is 9.59 Å². The predicted molar refractivity (Wildman–Crippen MR) is 75.2 cm³/mol. The van der Waals surface area contributed by atoms with Crippen LogP contribution in [0.15, 0.2) is 22.7 Å². The maximum atomic E-state index is 11.1. The first-order valence-electron chi connectivity index (χ1n) is 6.00. The van der Waals surface area contributed by atoms with Crippen molar-refractivity contribution >= 4 is 33.5 Å². The maximum Gasteiger partial charge on any atom is 0.308 e. The number of anilines is 1. The first kappa shape index (κ1) is 13.9. The van der Waals surface area contributed by atoms with Gasteiger partial charge in [-0.15, -0.1) is 0 Å². The second-order valence-corrected chi connectivity index (χ2v) is 5.55. The molecule has 0 radical (unpaired) electrons. The number of halogens is 1. The quantitative estimate of drug-likeness (QED) is 0.887. The second kappa shape index (κ2) is 5.21. The molecule has 1 aliphatic rings. The molecule has 1 aliphatic heterocycles. The Kier molecular flexibility index (Phi) is 3.80. The van der Waals surface area contributed by atoms with Gasteiger partial charge in [-0.05, 0) is 47.5 Å². The van der Waals surface area contributed by atoms with Crippen molar-refractivity contribution in [2.75, 3.05) is 11.4 Å². The lowest BCUT2D eigenvalue weighted by molar-refractivity contribution is -0.141. The van der Waals surface area contributed by atoms with E-state index < -0.39 is 11.9 Å². The van der Waals surface area contributed by atoms with Crippen LogP contribution in [0.4, 0.5) is 5.69 Å². The molecule has 0 aliphatic carbocycles. The summed E-state index contributed by atoms with van der Waals surface area (Å²) in [4.78, 5) is 24.3. The second-order valence-electron chi connectivity index (χ2n) is 4.70. The lowest BCUT2D eigenvalue weighted by Gasteiger charge is -2.26. The van der Waals surface area contributed by atoms with E-state index in [2.05, 4.69) is 15.9 Å². The number of nitrogens with two attached hydrogens (primary N) is 1. The number of carboxylic acids is 1. The number of carboxylic acid groups (broad SMARTS) is 1. The molecule has 1 aromatic rings. The topological polar surface area (TPSA) is 83.6 Å². The van der Waals surface area contributed by atoms with Gasteiger partial charge < -0.3 is 15.7 Å². The molecule has 0 aromatic heterocycles. The summed E-state index contributed by atoms with van der Waals surface area (Å²) in [6.07, 6.45) is 0.626. The van der Waals surface area contributed by atoms with Gasteiger partial charge >= 0.3 is 5.97 Å². The average molecular weight is 327 g/mol. The molecule has 1 heterocycles. The number of rotatable bonds is 3. The number of hydrogen-bond acceptors (Lipinski definition) is 3. The largest absolute Gasteiger partial charge is 0.481 e. The van der Waals surface area contributed by atoms with E-state index in [0.29, 0.717) is 18.5 Å². The number of benzene rings is 1. The summed E-state index contributed by atoms with van der Waals surface area (Å²) < 4.78 is 0.752. The molecule has 1 saturated heterocycles. The van der Waals surface area contributed by atoms with Crippen molar-refractivity contribution in [3.63, 3.8) is 0 Å². The zero-order chi connectivity index (χ0) is 14.2. The summed E-state index contributed by atoms with van der Waals surface area (Å²) in [5.74, 6) is -1.60. The molecule has 2 unspecified atom stereocenters. The highest BCUT2D eigenvalue weighted by atomic mass is 79.9. The summed E-state index contributed by atoms with van der Waals surface area (Å²) in [6.45, 7) is 2.59. The molecule has 0 bridgehead atoms. The number of carbonyl (C=O) groups excluding carboxylic acids is 1. The monoisotopic (exact) mass is 326 g/mol. The summed E-state index contributed by atoms with van der Waals surface area (Å²) >= 11 is 3.41. The first-order chi connectivity index (χ1) is 8.91. The Balaban J connectivity index is 2.28. The van der Waals surface area contributed by atoms with Crippen LogP contribution in [-0.4, -0.2) is 29.6 Å². The molecule has 102 valence electrons. The highest BCUT2D eigenvalue weighted by Crippen LogP contribution is 2.35. The molecule has 1 aromatic carbocycles. The SMILES string of the molecule is CC1C(C(=O)O)CCN1c1ccc(C(N)=O)cc1Br. The molecule has 6 heteroatoms. The molecule has 0 saturated carbocycles. The lowest BCUT2D eigenvalue weighted by Crippen LogP contribution is -2.33. The van der Waals surface area contributed by atoms with Gasteiger partial charge in [-0.1, -0.05) is 0 Å². The van der Waals surface area contributed by atoms with Gasteiger partial charge in [-0.25, -0.2) is 0 Å². The minimum atomic E-state index is -0.764. The van der Waals surface area contributed by atoms with Crippen LogP contribution in [0.25, 0.3) is 0 Å². The van der Waals surface area contributed by atoms with E-state index in [4.69, 9.17) is 10.8 Å². The highest BCUT2D eigenvalue weighted by molar-refractivity contribution is 9.10. The Bertz CT molecular complexity index is 533. The van der Waals surface area contributed by atoms with Crippen LogP contribution in [-0.2, 0) is 4.79 Å². The number of primary amides is 1. The summed E-state index contributed by atoms with van der Waals surface area (Å²) in [6, 6.07) is 5.04. The van der Waals surface area contributed by atoms with E-state index >= 15 is 0 Å². The van der Waals surface area contributed by atoms with Crippen LogP contribution in [0.2, 0.25) is 0 Å². The van der Waals surface area contributed by atoms with E-state index in [9.17, 15) is 9.59 Å². The van der Waals surface area contributed by atoms with Crippen molar-refractivity contribution in [2.24, 2.45) is 11.7 Å². The Morgan fingerprint density at radius 1 is 1.47 bits per heavy atom. The van der Waals surface area contributed by atoms with Crippen LogP contribution in [0.3, 0.4) is 0 Å². The normalized spacial score (nSPS) is 22.5. The van der Waals surface area contributed by atoms with Crippen molar-refractivity contribution in [3.05, 3.63) is 28.2 Å². The van der Waals surface area contributed by atoms with Gasteiger partial charge in [0.05, 0.1) is 11.6 Å². The molecule has 19 heavy (non-hydrogen) atoms. The van der Waals surface area contributed by atoms with Gasteiger partial charge in [0.15, 0.2) is 0 Å². The number of amides is 1. The van der Waals surface area contributed by atoms with Crippen molar-refractivity contribution in [3.8, 4) is 0 Å². The lowest BCUT2D eigenvalue weighted by atomic mass is 10.0. The molecule has 1 amide bonds. The third kappa shape index (κ3) is 2.58. The Morgan fingerprint density at radius 2 is 2.16 bits per heavy atom. The minimum absolute atomic E-state index is 0.0757. The summed E-state index contributed by atoms with van der Waals surface area (Å²) in [7, 11) is 0. The van der Waals surface area contributed by atoms with E-state index in [0.717, 1.165) is 10.2 Å². The number of carbonyl (C=O) groups is 2. The molecular weight excluding hydrogens is 312 g/mol. The van der Waals surface area contributed by atoms with E-state index in [1.165, 1.54) is 0 Å². The van der Waals surface area contributed by atoms with Crippen molar-refractivity contribution in [1.82, 2.24) is 0 Å². The standard InChI is InChI=1S/C13H15BrN2O3/c1-7-9(13(18)19)4-5-16(7)11-3-2-8(12(15)17)6-10(11)14/h2-3,6-7,9H,4-5H2,1H3,(H2,15,17)(H,18,19). The number of aliphatic carboxylic acids is 1. The fourth-order valence-corrected chi connectivity index (χ4v) is 3.11. The molecule has 0 spiro atoms. The predicted octanol–water partition coefficient (Wildman–Crippen LogP) is 1.85. The minimum Gasteiger partial charge on any atom is -0.481 e. The van der Waals surface area contributed by atoms with Crippen LogP contribution < -0.4 is 10.6 Å². The molecule has 2 atom stereocenters. The Morgan fingerprint density at radius 3 is 2.63 bits per heavy atom. The highest BCUT2D eigenvalue weighted by Gasteiger charge is 2.36. The average Bonchev–Trinajstić information content (AvgIpc) is 2.71. The van der Waals surface area contributed by atoms with Crippen LogP contribution >= 0.6 is 15.9 Å². The van der Waals surface area contributed by atoms with Gasteiger partial charge in [0, 0.05) is 22.6 Å². The number of nitrogens with zero attached hydrogens (tertiary/aromatic N) is 1. The smallest absolute Gasteiger partial charge is 0.308 e. The van der Waals surface area contributed by atoms with Crippen molar-refractivity contribution in [2.45, 2.75) is 19.4 Å². The van der Waals surface area contributed by atoms with E-state index in [1.54, 1.807) is 18.2 Å². The van der Waals surface area contributed by atoms with Crippen LogP contribution in [0, 0.1) is 5.92 Å². The molecule has 3 N–H and O–H groups in total. The first-order valence-corrected chi connectivity index (χ1v) is 6.80. The van der Waals surface area contributed by atoms with Crippen LogP contribution in [0.5, 0.6) is 0 Å². The molecule has 2 rings (SSSR count). The fourth-order valence-electron chi connectivity index (χ4n) is 2.50. The van der Waals surface area contributed by atoms with Crippen molar-refractivity contribution in [1.29, 1.82) is 0 Å². The van der Waals surface area contributed by atoms with E-state index in [1.807, 2.05) is 11.8 Å². The zero-order valence-corrected chi connectivity index (χ0v) is 12.1. The zero-order valence-electron chi connectivity index (χ0n) is 10.5. The van der Waals surface area contributed by atoms with Gasteiger partial charge in [0.25, 0.3) is 0 Å². The number of hydrogen-bond donors (Lipinski definition) is 2. The summed E-state index contributed by atoms with van der Waals surface area (Å²) in [5.41, 5.74) is 6.54.